The fourth-order valence-corrected chi connectivity index (χ4v) is 2.56. The van der Waals surface area contributed by atoms with E-state index < -0.39 is 48.3 Å². The zero-order valence-corrected chi connectivity index (χ0v) is 16.4. The Hall–Kier alpha value is -3.08. The molecule has 1 aromatic carbocycles. The van der Waals surface area contributed by atoms with Gasteiger partial charge in [0.25, 0.3) is 0 Å². The summed E-state index contributed by atoms with van der Waals surface area (Å²) < 4.78 is 0. The van der Waals surface area contributed by atoms with Gasteiger partial charge in [-0.15, -0.1) is 0 Å². The van der Waals surface area contributed by atoms with Crippen LogP contribution in [0.5, 0.6) is 0 Å². The molecule has 29 heavy (non-hydrogen) atoms. The minimum Gasteiger partial charge on any atom is -0.480 e. The number of carbonyl (C=O) groups is 5. The molecule has 0 aliphatic rings. The van der Waals surface area contributed by atoms with Crippen LogP contribution in [0.25, 0.3) is 0 Å². The lowest BCUT2D eigenvalue weighted by molar-refractivity contribution is -0.142. The lowest BCUT2D eigenvalue weighted by atomic mass is 10.1. The van der Waals surface area contributed by atoms with Crippen molar-refractivity contribution in [3.05, 3.63) is 35.9 Å². The highest BCUT2D eigenvalue weighted by Gasteiger charge is 2.23. The Balaban J connectivity index is 2.51. The molecular weight excluding hydrogens is 402 g/mol. The maximum atomic E-state index is 12.0. The van der Waals surface area contributed by atoms with Crippen LogP contribution in [-0.2, 0) is 30.4 Å². The fourth-order valence-electron chi connectivity index (χ4n) is 2.31. The molecule has 3 amide bonds. The molecule has 0 saturated carbocycles. The number of hydrogen-bond donors (Lipinski definition) is 6. The number of thiol groups is 1. The van der Waals surface area contributed by atoms with Gasteiger partial charge >= 0.3 is 11.9 Å². The van der Waals surface area contributed by atoms with Gasteiger partial charge in [0, 0.05) is 12.2 Å². The molecule has 0 aliphatic carbocycles. The lowest BCUT2D eigenvalue weighted by Gasteiger charge is -2.17. The standard InChI is InChI=1S/C18H23N3O7S/c22-14(21-13(10-29)17(26)19-9-16(24)25)7-6-12(18(27)28)20-15(23)8-11-4-2-1-3-5-11/h1-5,12-13,29H,6-10H2,(H,19,26)(H,20,23)(H,21,22)(H,24,25)(H,27,28)/t12-,13-/m0/s1. The molecule has 0 spiro atoms. The van der Waals surface area contributed by atoms with Gasteiger partial charge in [0.2, 0.25) is 17.7 Å². The summed E-state index contributed by atoms with van der Waals surface area (Å²) in [5.74, 6) is -4.44. The molecule has 0 heterocycles. The second kappa shape index (κ2) is 12.4. The van der Waals surface area contributed by atoms with Crippen LogP contribution in [-0.4, -0.2) is 64.3 Å². The number of rotatable bonds is 12. The molecular formula is C18H23N3O7S. The summed E-state index contributed by atoms with van der Waals surface area (Å²) in [4.78, 5) is 57.7. The maximum absolute atomic E-state index is 12.0. The monoisotopic (exact) mass is 425 g/mol. The van der Waals surface area contributed by atoms with Crippen LogP contribution >= 0.6 is 12.6 Å². The van der Waals surface area contributed by atoms with Gasteiger partial charge in [0.05, 0.1) is 6.42 Å². The molecule has 0 aromatic heterocycles. The van der Waals surface area contributed by atoms with Crippen LogP contribution in [0.1, 0.15) is 18.4 Å². The van der Waals surface area contributed by atoms with Crippen molar-refractivity contribution in [1.82, 2.24) is 16.0 Å². The van der Waals surface area contributed by atoms with Crippen molar-refractivity contribution >= 4 is 42.3 Å². The van der Waals surface area contributed by atoms with Crippen molar-refractivity contribution in [3.8, 4) is 0 Å². The van der Waals surface area contributed by atoms with Crippen molar-refractivity contribution < 1.29 is 34.2 Å². The molecule has 0 fully saturated rings. The summed E-state index contributed by atoms with van der Waals surface area (Å²) in [7, 11) is 0. The first-order chi connectivity index (χ1) is 13.7. The molecule has 0 radical (unpaired) electrons. The maximum Gasteiger partial charge on any atom is 0.326 e. The van der Waals surface area contributed by atoms with Crippen LogP contribution in [0.2, 0.25) is 0 Å². The highest BCUT2D eigenvalue weighted by Crippen LogP contribution is 2.03. The predicted molar refractivity (Wildman–Crippen MR) is 105 cm³/mol. The number of carboxylic acids is 2. The molecule has 0 saturated heterocycles. The van der Waals surface area contributed by atoms with Crippen LogP contribution in [0.4, 0.5) is 0 Å². The number of hydrogen-bond acceptors (Lipinski definition) is 6. The van der Waals surface area contributed by atoms with Gasteiger partial charge in [0.15, 0.2) is 0 Å². The molecule has 1 aromatic rings. The molecule has 0 aliphatic heterocycles. The zero-order valence-electron chi connectivity index (χ0n) is 15.5. The van der Waals surface area contributed by atoms with E-state index in [1.807, 2.05) is 0 Å². The van der Waals surface area contributed by atoms with Crippen molar-refractivity contribution in [2.75, 3.05) is 12.3 Å². The van der Waals surface area contributed by atoms with E-state index in [2.05, 4.69) is 28.6 Å². The first-order valence-corrected chi connectivity index (χ1v) is 9.32. The van der Waals surface area contributed by atoms with Gasteiger partial charge in [-0.1, -0.05) is 30.3 Å². The Morgan fingerprint density at radius 1 is 0.931 bits per heavy atom. The van der Waals surface area contributed by atoms with E-state index in [9.17, 15) is 29.1 Å². The summed E-state index contributed by atoms with van der Waals surface area (Å²) in [5.41, 5.74) is 0.718. The average Bonchev–Trinajstić information content (AvgIpc) is 2.67. The molecule has 0 bridgehead atoms. The van der Waals surface area contributed by atoms with E-state index >= 15 is 0 Å². The quantitative estimate of drug-likeness (QED) is 0.239. The minimum absolute atomic E-state index is 0.00227. The number of nitrogens with one attached hydrogen (secondary N) is 3. The second-order valence-electron chi connectivity index (χ2n) is 6.07. The number of amides is 3. The predicted octanol–water partition coefficient (Wildman–Crippen LogP) is -0.806. The van der Waals surface area contributed by atoms with E-state index in [1.165, 1.54) is 0 Å². The summed E-state index contributed by atoms with van der Waals surface area (Å²) in [5, 5.41) is 24.6. The van der Waals surface area contributed by atoms with Crippen LogP contribution < -0.4 is 16.0 Å². The fraction of sp³-hybridized carbons (Fsp3) is 0.389. The van der Waals surface area contributed by atoms with E-state index in [0.717, 1.165) is 5.56 Å². The minimum atomic E-state index is -1.29. The third-order valence-corrected chi connectivity index (χ3v) is 4.11. The summed E-state index contributed by atoms with van der Waals surface area (Å²) in [6.07, 6.45) is -0.445. The highest BCUT2D eigenvalue weighted by molar-refractivity contribution is 7.80. The van der Waals surface area contributed by atoms with E-state index in [0.29, 0.717) is 0 Å². The number of aliphatic carboxylic acids is 2. The Bertz CT molecular complexity index is 742. The summed E-state index contributed by atoms with van der Waals surface area (Å²) in [6, 6.07) is 6.43. The smallest absolute Gasteiger partial charge is 0.326 e. The molecule has 158 valence electrons. The number of carboxylic acid groups (broad SMARTS) is 2. The number of carbonyl (C=O) groups excluding carboxylic acids is 3. The molecule has 1 rings (SSSR count). The van der Waals surface area contributed by atoms with E-state index in [4.69, 9.17) is 5.11 Å². The first-order valence-electron chi connectivity index (χ1n) is 8.68. The Morgan fingerprint density at radius 3 is 2.10 bits per heavy atom. The van der Waals surface area contributed by atoms with Crippen LogP contribution in [0.3, 0.4) is 0 Å². The second-order valence-corrected chi connectivity index (χ2v) is 6.44. The van der Waals surface area contributed by atoms with Crippen LogP contribution in [0.15, 0.2) is 30.3 Å². The van der Waals surface area contributed by atoms with Crippen molar-refractivity contribution in [3.63, 3.8) is 0 Å². The Morgan fingerprint density at radius 2 is 1.55 bits per heavy atom. The molecule has 2 atom stereocenters. The largest absolute Gasteiger partial charge is 0.480 e. The third-order valence-electron chi connectivity index (χ3n) is 3.75. The van der Waals surface area contributed by atoms with Crippen molar-refractivity contribution in [1.29, 1.82) is 0 Å². The summed E-state index contributed by atoms with van der Waals surface area (Å²) in [6.45, 7) is -0.604. The van der Waals surface area contributed by atoms with Gasteiger partial charge in [-0.05, 0) is 12.0 Å². The number of benzene rings is 1. The van der Waals surface area contributed by atoms with E-state index in [-0.39, 0.29) is 25.0 Å². The Kier molecular flexibility index (Phi) is 10.2. The zero-order chi connectivity index (χ0) is 21.8. The summed E-state index contributed by atoms with van der Waals surface area (Å²) >= 11 is 3.93. The van der Waals surface area contributed by atoms with Crippen molar-refractivity contribution in [2.45, 2.75) is 31.3 Å². The normalized spacial score (nSPS) is 12.3. The highest BCUT2D eigenvalue weighted by atomic mass is 32.1. The molecule has 5 N–H and O–H groups in total. The topological polar surface area (TPSA) is 162 Å². The average molecular weight is 425 g/mol. The van der Waals surface area contributed by atoms with Crippen LogP contribution in [0, 0.1) is 0 Å². The van der Waals surface area contributed by atoms with Gasteiger partial charge in [0.1, 0.15) is 18.6 Å². The Labute approximate surface area is 172 Å². The van der Waals surface area contributed by atoms with E-state index in [1.54, 1.807) is 30.3 Å². The third kappa shape index (κ3) is 9.60. The molecule has 10 nitrogen and oxygen atoms in total. The molecule has 11 heteroatoms. The van der Waals surface area contributed by atoms with Gasteiger partial charge in [-0.2, -0.15) is 12.6 Å². The SMILES string of the molecule is O=C(O)CNC(=O)[C@H](CS)NC(=O)CC[C@H](NC(=O)Cc1ccccc1)C(=O)O. The molecule has 0 unspecified atom stereocenters. The van der Waals surface area contributed by atoms with Gasteiger partial charge in [-0.3, -0.25) is 19.2 Å². The lowest BCUT2D eigenvalue weighted by Crippen LogP contribution is -2.49. The van der Waals surface area contributed by atoms with Gasteiger partial charge < -0.3 is 26.2 Å². The van der Waals surface area contributed by atoms with Crippen molar-refractivity contribution in [2.24, 2.45) is 0 Å². The van der Waals surface area contributed by atoms with Gasteiger partial charge in [-0.25, -0.2) is 4.79 Å². The first kappa shape index (κ1) is 24.0.